The zero-order chi connectivity index (χ0) is 19.8. The lowest BCUT2D eigenvalue weighted by atomic mass is 10.2. The predicted octanol–water partition coefficient (Wildman–Crippen LogP) is 4.79. The minimum atomic E-state index is -0.215. The molecule has 0 fully saturated rings. The summed E-state index contributed by atoms with van der Waals surface area (Å²) >= 11 is 1.73. The molecule has 0 radical (unpaired) electrons. The highest BCUT2D eigenvalue weighted by atomic mass is 35.5. The van der Waals surface area contributed by atoms with Gasteiger partial charge < -0.3 is 20.1 Å². The maximum absolute atomic E-state index is 12.1. The minimum absolute atomic E-state index is 0. The molecule has 0 saturated carbocycles. The van der Waals surface area contributed by atoms with Crippen molar-refractivity contribution in [2.45, 2.75) is 20.0 Å². The molecule has 2 aromatic carbocycles. The van der Waals surface area contributed by atoms with E-state index >= 15 is 0 Å². The number of thiophene rings is 1. The molecule has 3 rings (SSSR count). The Morgan fingerprint density at radius 1 is 1.03 bits per heavy atom. The Balaban J connectivity index is 0.00000300. The second-order valence-corrected chi connectivity index (χ2v) is 7.40. The molecule has 1 heterocycles. The molecule has 0 saturated heterocycles. The van der Waals surface area contributed by atoms with E-state index in [1.807, 2.05) is 55.5 Å². The average Bonchev–Trinajstić information content (AvgIpc) is 3.22. The van der Waals surface area contributed by atoms with Gasteiger partial charge in [-0.3, -0.25) is 4.79 Å². The Hall–Kier alpha value is -2.54. The molecule has 1 aromatic heterocycles. The van der Waals surface area contributed by atoms with Gasteiger partial charge in [-0.05, 0) is 48.2 Å². The summed E-state index contributed by atoms with van der Waals surface area (Å²) in [6, 6.07) is 17.5. The summed E-state index contributed by atoms with van der Waals surface area (Å²) in [6.07, 6.45) is 0. The lowest BCUT2D eigenvalue weighted by Gasteiger charge is -2.13. The van der Waals surface area contributed by atoms with Gasteiger partial charge in [-0.1, -0.05) is 29.8 Å². The van der Waals surface area contributed by atoms with Crippen molar-refractivity contribution in [1.29, 1.82) is 0 Å². The summed E-state index contributed by atoms with van der Waals surface area (Å²) in [5.41, 5.74) is 2.98. The molecule has 0 bridgehead atoms. The fourth-order valence-electron chi connectivity index (χ4n) is 2.66. The van der Waals surface area contributed by atoms with Crippen LogP contribution in [0, 0.1) is 6.92 Å². The van der Waals surface area contributed by atoms with Crippen LogP contribution >= 0.6 is 23.7 Å². The van der Waals surface area contributed by atoms with Crippen molar-refractivity contribution in [2.75, 3.05) is 19.0 Å². The molecule has 1 amide bonds. The summed E-state index contributed by atoms with van der Waals surface area (Å²) in [5, 5.41) is 8.29. The van der Waals surface area contributed by atoms with Crippen molar-refractivity contribution in [3.8, 4) is 11.5 Å². The smallest absolute Gasteiger partial charge is 0.262 e. The van der Waals surface area contributed by atoms with E-state index in [9.17, 15) is 4.79 Å². The van der Waals surface area contributed by atoms with Gasteiger partial charge in [0.1, 0.15) is 0 Å². The molecule has 2 N–H and O–H groups in total. The number of carbonyl (C=O) groups excluding carboxylic acids is 1. The van der Waals surface area contributed by atoms with Crippen LogP contribution in [-0.4, -0.2) is 19.6 Å². The van der Waals surface area contributed by atoms with Crippen LogP contribution in [0.1, 0.15) is 16.0 Å². The second-order valence-electron chi connectivity index (χ2n) is 6.37. The number of rotatable bonds is 9. The third-order valence-electron chi connectivity index (χ3n) is 4.13. The number of methoxy groups -OCH3 is 1. The van der Waals surface area contributed by atoms with Gasteiger partial charge in [-0.15, -0.1) is 23.7 Å². The number of amides is 1. The van der Waals surface area contributed by atoms with Gasteiger partial charge in [0.25, 0.3) is 5.91 Å². The van der Waals surface area contributed by atoms with Crippen LogP contribution in [0.4, 0.5) is 5.69 Å². The van der Waals surface area contributed by atoms with Gasteiger partial charge in [0.2, 0.25) is 0 Å². The molecule has 154 valence electrons. The largest absolute Gasteiger partial charge is 0.493 e. The number of aryl methyl sites for hydroxylation is 1. The van der Waals surface area contributed by atoms with Crippen LogP contribution in [-0.2, 0) is 17.9 Å². The number of hydrogen-bond donors (Lipinski definition) is 2. The third kappa shape index (κ3) is 7.09. The first kappa shape index (κ1) is 22.7. The first-order chi connectivity index (χ1) is 13.6. The van der Waals surface area contributed by atoms with E-state index < -0.39 is 0 Å². The predicted molar refractivity (Wildman–Crippen MR) is 120 cm³/mol. The van der Waals surface area contributed by atoms with E-state index in [4.69, 9.17) is 9.47 Å². The summed E-state index contributed by atoms with van der Waals surface area (Å²) in [6.45, 7) is 3.47. The first-order valence-corrected chi connectivity index (χ1v) is 9.91. The van der Waals surface area contributed by atoms with E-state index in [0.717, 1.165) is 29.9 Å². The molecule has 5 nitrogen and oxygen atoms in total. The zero-order valence-electron chi connectivity index (χ0n) is 16.4. The molecular formula is C22H25ClN2O3S. The molecule has 0 atom stereocenters. The lowest BCUT2D eigenvalue weighted by Crippen LogP contribution is -2.20. The van der Waals surface area contributed by atoms with Crippen molar-refractivity contribution in [3.05, 3.63) is 76.0 Å². The SMILES string of the molecule is COc1cc(CNCc2cccs2)ccc1OCC(=O)Nc1ccc(C)cc1.Cl. The molecule has 3 aromatic rings. The maximum Gasteiger partial charge on any atom is 0.262 e. The topological polar surface area (TPSA) is 59.6 Å². The third-order valence-corrected chi connectivity index (χ3v) is 5.01. The summed E-state index contributed by atoms with van der Waals surface area (Å²) in [4.78, 5) is 13.4. The molecule has 0 aliphatic heterocycles. The zero-order valence-corrected chi connectivity index (χ0v) is 18.1. The van der Waals surface area contributed by atoms with E-state index in [2.05, 4.69) is 22.1 Å². The van der Waals surface area contributed by atoms with Crippen LogP contribution in [0.15, 0.2) is 60.0 Å². The van der Waals surface area contributed by atoms with Crippen LogP contribution in [0.3, 0.4) is 0 Å². The number of halogens is 1. The molecule has 29 heavy (non-hydrogen) atoms. The maximum atomic E-state index is 12.1. The molecule has 0 spiro atoms. The van der Waals surface area contributed by atoms with Crippen molar-refractivity contribution in [1.82, 2.24) is 5.32 Å². The fourth-order valence-corrected chi connectivity index (χ4v) is 3.34. The van der Waals surface area contributed by atoms with Crippen LogP contribution in [0.2, 0.25) is 0 Å². The van der Waals surface area contributed by atoms with Gasteiger partial charge in [0.05, 0.1) is 7.11 Å². The second kappa shape index (κ2) is 11.5. The molecule has 0 unspecified atom stereocenters. The van der Waals surface area contributed by atoms with Crippen molar-refractivity contribution < 1.29 is 14.3 Å². The molecule has 0 aliphatic rings. The standard InChI is InChI=1S/C22H24N2O3S.ClH/c1-16-5-8-18(9-6-16)24-22(25)15-27-20-10-7-17(12-21(20)26-2)13-23-14-19-4-3-11-28-19;/h3-12,23H,13-15H2,1-2H3,(H,24,25);1H. The van der Waals surface area contributed by atoms with Gasteiger partial charge >= 0.3 is 0 Å². The van der Waals surface area contributed by atoms with Crippen LogP contribution in [0.25, 0.3) is 0 Å². The number of hydrogen-bond acceptors (Lipinski definition) is 5. The Labute approximate surface area is 181 Å². The molecule has 0 aliphatic carbocycles. The monoisotopic (exact) mass is 432 g/mol. The van der Waals surface area contributed by atoms with Crippen molar-refractivity contribution >= 4 is 35.3 Å². The van der Waals surface area contributed by atoms with Gasteiger partial charge in [0, 0.05) is 23.7 Å². The van der Waals surface area contributed by atoms with Crippen molar-refractivity contribution in [3.63, 3.8) is 0 Å². The highest BCUT2D eigenvalue weighted by Crippen LogP contribution is 2.28. The van der Waals surface area contributed by atoms with Crippen molar-refractivity contribution in [2.24, 2.45) is 0 Å². The quantitative estimate of drug-likeness (QED) is 0.510. The number of carbonyl (C=O) groups is 1. The van der Waals surface area contributed by atoms with Crippen LogP contribution in [0.5, 0.6) is 11.5 Å². The minimum Gasteiger partial charge on any atom is -0.493 e. The normalized spacial score (nSPS) is 10.1. The summed E-state index contributed by atoms with van der Waals surface area (Å²) < 4.78 is 11.1. The first-order valence-electron chi connectivity index (χ1n) is 9.03. The summed E-state index contributed by atoms with van der Waals surface area (Å²) in [5.74, 6) is 0.940. The highest BCUT2D eigenvalue weighted by Gasteiger charge is 2.09. The van der Waals surface area contributed by atoms with Gasteiger partial charge in [-0.25, -0.2) is 0 Å². The van der Waals surface area contributed by atoms with Crippen LogP contribution < -0.4 is 20.1 Å². The van der Waals surface area contributed by atoms with E-state index in [1.54, 1.807) is 18.4 Å². The molecule has 7 heteroatoms. The van der Waals surface area contributed by atoms with E-state index in [1.165, 1.54) is 4.88 Å². The fraction of sp³-hybridized carbons (Fsp3) is 0.227. The van der Waals surface area contributed by atoms with Gasteiger partial charge in [-0.2, -0.15) is 0 Å². The average molecular weight is 433 g/mol. The van der Waals surface area contributed by atoms with E-state index in [0.29, 0.717) is 11.5 Å². The Morgan fingerprint density at radius 2 is 1.83 bits per heavy atom. The Kier molecular flexibility index (Phi) is 8.99. The Morgan fingerprint density at radius 3 is 2.52 bits per heavy atom. The van der Waals surface area contributed by atoms with Gasteiger partial charge in [0.15, 0.2) is 18.1 Å². The summed E-state index contributed by atoms with van der Waals surface area (Å²) in [7, 11) is 1.59. The molecular weight excluding hydrogens is 408 g/mol. The highest BCUT2D eigenvalue weighted by molar-refractivity contribution is 7.09. The Bertz CT molecular complexity index is 899. The van der Waals surface area contributed by atoms with E-state index in [-0.39, 0.29) is 24.9 Å². The number of nitrogens with one attached hydrogen (secondary N) is 2. The number of anilines is 1. The lowest BCUT2D eigenvalue weighted by molar-refractivity contribution is -0.118. The number of benzene rings is 2. The number of ether oxygens (including phenoxy) is 2.